The van der Waals surface area contributed by atoms with Gasteiger partial charge in [0.05, 0.1) is 6.04 Å². The van der Waals surface area contributed by atoms with E-state index >= 15 is 0 Å². The molecular weight excluding hydrogens is 384 g/mol. The van der Waals surface area contributed by atoms with Crippen molar-refractivity contribution in [2.45, 2.75) is 26.4 Å². The highest BCUT2D eigenvalue weighted by molar-refractivity contribution is 5.85. The fourth-order valence-electron chi connectivity index (χ4n) is 4.43. The Morgan fingerprint density at radius 2 is 1.68 bits per heavy atom. The molecule has 0 spiro atoms. The number of hydrogen-bond acceptors (Lipinski definition) is 5. The maximum Gasteiger partial charge on any atom is 0.247 e. The quantitative estimate of drug-likeness (QED) is 0.458. The van der Waals surface area contributed by atoms with E-state index in [1.807, 2.05) is 12.1 Å². The normalized spacial score (nSPS) is 16.6. The first-order valence-corrected chi connectivity index (χ1v) is 11.0. The lowest BCUT2D eigenvalue weighted by molar-refractivity contribution is 0.0878. The largest absolute Gasteiger partial charge is 0.419 e. The van der Waals surface area contributed by atoms with E-state index in [1.165, 1.54) is 21.9 Å². The van der Waals surface area contributed by atoms with Gasteiger partial charge in [-0.1, -0.05) is 60.2 Å². The molecule has 31 heavy (non-hydrogen) atoms. The van der Waals surface area contributed by atoms with Crippen molar-refractivity contribution < 1.29 is 4.42 Å². The highest BCUT2D eigenvalue weighted by atomic mass is 16.4. The monoisotopic (exact) mass is 412 g/mol. The van der Waals surface area contributed by atoms with Crippen LogP contribution in [0.3, 0.4) is 0 Å². The third kappa shape index (κ3) is 4.24. The van der Waals surface area contributed by atoms with Crippen LogP contribution in [0, 0.1) is 6.92 Å². The summed E-state index contributed by atoms with van der Waals surface area (Å²) in [5.41, 5.74) is 3.57. The molecule has 1 aliphatic heterocycles. The summed E-state index contributed by atoms with van der Waals surface area (Å²) in [5, 5.41) is 11.3. The Kier molecular flexibility index (Phi) is 5.53. The van der Waals surface area contributed by atoms with Gasteiger partial charge >= 0.3 is 0 Å². The summed E-state index contributed by atoms with van der Waals surface area (Å²) in [7, 11) is 0. The molecule has 1 atom stereocenters. The number of aryl methyl sites for hydroxylation is 1. The van der Waals surface area contributed by atoms with Crippen molar-refractivity contribution in [3.05, 3.63) is 83.7 Å². The molecule has 0 radical (unpaired) electrons. The summed E-state index contributed by atoms with van der Waals surface area (Å²) in [6.45, 7) is 9.28. The number of hydrogen-bond donors (Lipinski definition) is 0. The first-order valence-electron chi connectivity index (χ1n) is 11.0. The van der Waals surface area contributed by atoms with Crippen LogP contribution in [0.5, 0.6) is 0 Å². The third-order valence-electron chi connectivity index (χ3n) is 6.29. The molecule has 0 bridgehead atoms. The van der Waals surface area contributed by atoms with Crippen LogP contribution in [0.15, 0.2) is 71.1 Å². The van der Waals surface area contributed by atoms with Gasteiger partial charge in [-0.3, -0.25) is 9.80 Å². The first kappa shape index (κ1) is 19.9. The van der Waals surface area contributed by atoms with Crippen LogP contribution >= 0.6 is 0 Å². The molecule has 1 aliphatic rings. The summed E-state index contributed by atoms with van der Waals surface area (Å²) in [6.07, 6.45) is 0. The van der Waals surface area contributed by atoms with Crippen LogP contribution in [0.1, 0.15) is 30.0 Å². The number of fused-ring (bicyclic) bond motifs is 1. The SMILES string of the molecule is Cc1cccc(-c2nnc(C(C)N3CCN(Cc4cccc5ccccc45)CC3)o2)c1. The maximum absolute atomic E-state index is 6.03. The number of benzene rings is 3. The number of piperazine rings is 1. The van der Waals surface area contributed by atoms with Crippen molar-refractivity contribution in [1.29, 1.82) is 0 Å². The molecule has 1 fully saturated rings. The van der Waals surface area contributed by atoms with Crippen molar-refractivity contribution in [2.24, 2.45) is 0 Å². The zero-order chi connectivity index (χ0) is 21.2. The average Bonchev–Trinajstić information content (AvgIpc) is 3.30. The topological polar surface area (TPSA) is 45.4 Å². The van der Waals surface area contributed by atoms with E-state index in [0.717, 1.165) is 38.3 Å². The van der Waals surface area contributed by atoms with Gasteiger partial charge in [-0.2, -0.15) is 0 Å². The van der Waals surface area contributed by atoms with Crippen molar-refractivity contribution in [3.63, 3.8) is 0 Å². The van der Waals surface area contributed by atoms with Crippen molar-refractivity contribution >= 4 is 10.8 Å². The minimum atomic E-state index is 0.116. The molecule has 2 heterocycles. The fraction of sp³-hybridized carbons (Fsp3) is 0.308. The van der Waals surface area contributed by atoms with Gasteiger partial charge in [-0.05, 0) is 42.3 Å². The zero-order valence-electron chi connectivity index (χ0n) is 18.2. The minimum Gasteiger partial charge on any atom is -0.419 e. The summed E-state index contributed by atoms with van der Waals surface area (Å²) >= 11 is 0. The van der Waals surface area contributed by atoms with Crippen LogP contribution in [0.2, 0.25) is 0 Å². The highest BCUT2D eigenvalue weighted by Crippen LogP contribution is 2.26. The van der Waals surface area contributed by atoms with Gasteiger partial charge in [0, 0.05) is 38.3 Å². The zero-order valence-corrected chi connectivity index (χ0v) is 18.2. The van der Waals surface area contributed by atoms with Crippen LogP contribution in [-0.2, 0) is 6.54 Å². The molecule has 1 aromatic heterocycles. The van der Waals surface area contributed by atoms with Gasteiger partial charge in [0.1, 0.15) is 0 Å². The average molecular weight is 413 g/mol. The molecule has 0 aliphatic carbocycles. The van der Waals surface area contributed by atoms with Crippen LogP contribution in [0.25, 0.3) is 22.2 Å². The lowest BCUT2D eigenvalue weighted by Gasteiger charge is -2.37. The van der Waals surface area contributed by atoms with Crippen LogP contribution in [0.4, 0.5) is 0 Å². The molecule has 0 saturated carbocycles. The van der Waals surface area contributed by atoms with E-state index in [9.17, 15) is 0 Å². The molecule has 3 aromatic carbocycles. The van der Waals surface area contributed by atoms with E-state index in [1.54, 1.807) is 0 Å². The van der Waals surface area contributed by atoms with Gasteiger partial charge in [0.25, 0.3) is 0 Å². The molecule has 5 heteroatoms. The van der Waals surface area contributed by atoms with E-state index in [0.29, 0.717) is 11.8 Å². The van der Waals surface area contributed by atoms with Gasteiger partial charge in [-0.25, -0.2) is 0 Å². The second-order valence-electron chi connectivity index (χ2n) is 8.44. The molecular formula is C26H28N4O. The smallest absolute Gasteiger partial charge is 0.247 e. The Morgan fingerprint density at radius 3 is 2.52 bits per heavy atom. The maximum atomic E-state index is 6.03. The van der Waals surface area contributed by atoms with Crippen molar-refractivity contribution in [2.75, 3.05) is 26.2 Å². The molecule has 5 rings (SSSR count). The van der Waals surface area contributed by atoms with Crippen molar-refractivity contribution in [1.82, 2.24) is 20.0 Å². The summed E-state index contributed by atoms with van der Waals surface area (Å²) in [6, 6.07) is 23.6. The molecule has 0 N–H and O–H groups in total. The van der Waals surface area contributed by atoms with Crippen LogP contribution < -0.4 is 0 Å². The Morgan fingerprint density at radius 1 is 0.903 bits per heavy atom. The van der Waals surface area contributed by atoms with E-state index < -0.39 is 0 Å². The predicted octanol–water partition coefficient (Wildman–Crippen LogP) is 5.08. The predicted molar refractivity (Wildman–Crippen MR) is 124 cm³/mol. The molecule has 0 amide bonds. The lowest BCUT2D eigenvalue weighted by Crippen LogP contribution is -2.46. The fourth-order valence-corrected chi connectivity index (χ4v) is 4.43. The van der Waals surface area contributed by atoms with Gasteiger partial charge in [-0.15, -0.1) is 10.2 Å². The Bertz CT molecular complexity index is 1170. The second kappa shape index (κ2) is 8.61. The first-order chi connectivity index (χ1) is 15.2. The van der Waals surface area contributed by atoms with E-state index in [-0.39, 0.29) is 6.04 Å². The Hall–Kier alpha value is -3.02. The van der Waals surface area contributed by atoms with Gasteiger partial charge in [0.2, 0.25) is 11.8 Å². The van der Waals surface area contributed by atoms with Crippen molar-refractivity contribution in [3.8, 4) is 11.5 Å². The number of aromatic nitrogens is 2. The summed E-state index contributed by atoms with van der Waals surface area (Å²) in [4.78, 5) is 4.98. The molecule has 1 saturated heterocycles. The van der Waals surface area contributed by atoms with Crippen LogP contribution in [-0.4, -0.2) is 46.2 Å². The summed E-state index contributed by atoms with van der Waals surface area (Å²) in [5.74, 6) is 1.29. The number of nitrogens with zero attached hydrogens (tertiary/aromatic N) is 4. The van der Waals surface area contributed by atoms with E-state index in [2.05, 4.69) is 88.4 Å². The second-order valence-corrected chi connectivity index (χ2v) is 8.44. The Labute approximate surface area is 183 Å². The summed E-state index contributed by atoms with van der Waals surface area (Å²) < 4.78 is 6.03. The minimum absolute atomic E-state index is 0.116. The molecule has 158 valence electrons. The van der Waals surface area contributed by atoms with E-state index in [4.69, 9.17) is 4.42 Å². The molecule has 4 aromatic rings. The molecule has 1 unspecified atom stereocenters. The molecule has 5 nitrogen and oxygen atoms in total. The lowest BCUT2D eigenvalue weighted by atomic mass is 10.0. The van der Waals surface area contributed by atoms with Gasteiger partial charge < -0.3 is 4.42 Å². The highest BCUT2D eigenvalue weighted by Gasteiger charge is 2.26. The standard InChI is InChI=1S/C26H28N4O/c1-19-7-5-10-22(17-19)26-28-27-25(31-26)20(2)30-15-13-29(14-16-30)18-23-11-6-9-21-8-3-4-12-24(21)23/h3-12,17,20H,13-16,18H2,1-2H3. The Balaban J connectivity index is 1.22. The van der Waals surface area contributed by atoms with Gasteiger partial charge in [0.15, 0.2) is 0 Å². The third-order valence-corrected chi connectivity index (χ3v) is 6.29. The number of rotatable bonds is 5.